The van der Waals surface area contributed by atoms with Crippen molar-refractivity contribution in [1.82, 2.24) is 0 Å². The van der Waals surface area contributed by atoms with Crippen molar-refractivity contribution in [1.29, 1.82) is 0 Å². The van der Waals surface area contributed by atoms with Crippen LogP contribution in [0.3, 0.4) is 0 Å². The molecule has 2 aromatic rings. The number of hydrogen-bond donors (Lipinski definition) is 1. The molecule has 0 heterocycles. The number of ether oxygens (including phenoxy) is 1. The van der Waals surface area contributed by atoms with E-state index >= 15 is 0 Å². The van der Waals surface area contributed by atoms with Gasteiger partial charge in [-0.15, -0.1) is 0 Å². The van der Waals surface area contributed by atoms with Crippen LogP contribution in [0.4, 0.5) is 5.69 Å². The second-order valence-corrected chi connectivity index (χ2v) is 6.59. The van der Waals surface area contributed by atoms with Crippen LogP contribution in [0.5, 0.6) is 0 Å². The largest absolute Gasteiger partial charge is 0.454 e. The minimum Gasteiger partial charge on any atom is -0.454 e. The smallest absolute Gasteiger partial charge is 0.338 e. The Labute approximate surface area is 153 Å². The molecule has 5 nitrogen and oxygen atoms in total. The van der Waals surface area contributed by atoms with Crippen molar-refractivity contribution >= 4 is 23.3 Å². The molecule has 0 aromatic heterocycles. The molecule has 2 aromatic carbocycles. The molecule has 0 aliphatic carbocycles. The van der Waals surface area contributed by atoms with Gasteiger partial charge in [-0.25, -0.2) is 4.79 Å². The molecule has 5 heteroatoms. The summed E-state index contributed by atoms with van der Waals surface area (Å²) in [4.78, 5) is 35.8. The fourth-order valence-corrected chi connectivity index (χ4v) is 2.31. The molecule has 2 rings (SSSR count). The first-order valence-electron chi connectivity index (χ1n) is 8.52. The lowest BCUT2D eigenvalue weighted by molar-refractivity contribution is -0.116. The number of amides is 1. The van der Waals surface area contributed by atoms with E-state index in [0.717, 1.165) is 5.56 Å². The van der Waals surface area contributed by atoms with Crippen LogP contribution in [0.1, 0.15) is 46.5 Å². The van der Waals surface area contributed by atoms with Crippen molar-refractivity contribution in [2.75, 3.05) is 11.9 Å². The van der Waals surface area contributed by atoms with Gasteiger partial charge in [-0.2, -0.15) is 0 Å². The molecule has 136 valence electrons. The summed E-state index contributed by atoms with van der Waals surface area (Å²) in [5.41, 5.74) is 2.50. The van der Waals surface area contributed by atoms with Crippen molar-refractivity contribution in [2.24, 2.45) is 5.92 Å². The van der Waals surface area contributed by atoms with Crippen molar-refractivity contribution in [3.05, 3.63) is 65.2 Å². The van der Waals surface area contributed by atoms with Gasteiger partial charge in [-0.05, 0) is 49.2 Å². The van der Waals surface area contributed by atoms with Gasteiger partial charge in [-0.1, -0.05) is 31.5 Å². The Bertz CT molecular complexity index is 777. The Kier molecular flexibility index (Phi) is 6.67. The number of ketones is 1. The predicted octanol–water partition coefficient (Wildman–Crippen LogP) is 4.02. The van der Waals surface area contributed by atoms with Gasteiger partial charge in [0.05, 0.1) is 5.56 Å². The summed E-state index contributed by atoms with van der Waals surface area (Å²) < 4.78 is 5.06. The quantitative estimate of drug-likeness (QED) is 0.603. The first-order valence-corrected chi connectivity index (χ1v) is 8.52. The van der Waals surface area contributed by atoms with Crippen LogP contribution in [-0.4, -0.2) is 24.3 Å². The van der Waals surface area contributed by atoms with E-state index in [-0.39, 0.29) is 24.2 Å². The minimum atomic E-state index is -0.532. The van der Waals surface area contributed by atoms with Crippen molar-refractivity contribution in [2.45, 2.75) is 27.2 Å². The standard InChI is InChI=1S/C21H23NO4/c1-14(2)12-20(24)22-18-10-8-16(9-11-18)19(23)13-26-21(25)17-6-4-15(3)5-7-17/h4-11,14H,12-13H2,1-3H3,(H,22,24). The number of esters is 1. The highest BCUT2D eigenvalue weighted by Crippen LogP contribution is 2.12. The van der Waals surface area contributed by atoms with Crippen LogP contribution >= 0.6 is 0 Å². The van der Waals surface area contributed by atoms with E-state index < -0.39 is 5.97 Å². The molecule has 0 saturated carbocycles. The molecule has 0 aliphatic heterocycles. The number of carbonyl (C=O) groups is 3. The highest BCUT2D eigenvalue weighted by Gasteiger charge is 2.12. The molecule has 0 fully saturated rings. The summed E-state index contributed by atoms with van der Waals surface area (Å²) >= 11 is 0. The third-order valence-electron chi connectivity index (χ3n) is 3.71. The van der Waals surface area contributed by atoms with Crippen LogP contribution in [0.25, 0.3) is 0 Å². The highest BCUT2D eigenvalue weighted by molar-refractivity contribution is 6.00. The molecule has 0 spiro atoms. The number of aryl methyl sites for hydroxylation is 1. The summed E-state index contributed by atoms with van der Waals surface area (Å²) in [6.45, 7) is 5.54. The van der Waals surface area contributed by atoms with Crippen molar-refractivity contribution in [3.63, 3.8) is 0 Å². The zero-order chi connectivity index (χ0) is 19.1. The average molecular weight is 353 g/mol. The Morgan fingerprint density at radius 2 is 1.50 bits per heavy atom. The second kappa shape index (κ2) is 8.94. The Morgan fingerprint density at radius 3 is 2.08 bits per heavy atom. The van der Waals surface area contributed by atoms with Gasteiger partial charge >= 0.3 is 5.97 Å². The molecule has 1 N–H and O–H groups in total. The number of nitrogens with one attached hydrogen (secondary N) is 1. The number of carbonyl (C=O) groups excluding carboxylic acids is 3. The van der Waals surface area contributed by atoms with Crippen LogP contribution in [0.2, 0.25) is 0 Å². The molecule has 0 bridgehead atoms. The van der Waals surface area contributed by atoms with Gasteiger partial charge in [0, 0.05) is 17.7 Å². The molecular formula is C21H23NO4. The fraction of sp³-hybridized carbons (Fsp3) is 0.286. The van der Waals surface area contributed by atoms with E-state index in [0.29, 0.717) is 23.2 Å². The maximum Gasteiger partial charge on any atom is 0.338 e. The van der Waals surface area contributed by atoms with E-state index in [2.05, 4.69) is 5.32 Å². The van der Waals surface area contributed by atoms with E-state index in [9.17, 15) is 14.4 Å². The van der Waals surface area contributed by atoms with E-state index in [1.807, 2.05) is 32.9 Å². The minimum absolute atomic E-state index is 0.0638. The Morgan fingerprint density at radius 1 is 0.923 bits per heavy atom. The summed E-state index contributed by atoms with van der Waals surface area (Å²) in [5, 5.41) is 2.78. The molecule has 0 saturated heterocycles. The normalized spacial score (nSPS) is 10.5. The zero-order valence-electron chi connectivity index (χ0n) is 15.2. The number of Topliss-reactive ketones (excluding diaryl/α,β-unsaturated/α-hetero) is 1. The number of benzene rings is 2. The Balaban J connectivity index is 1.88. The fourth-order valence-electron chi connectivity index (χ4n) is 2.31. The summed E-state index contributed by atoms with van der Waals surface area (Å²) in [7, 11) is 0. The third kappa shape index (κ3) is 5.84. The van der Waals surface area contributed by atoms with E-state index in [1.54, 1.807) is 36.4 Å². The molecule has 26 heavy (non-hydrogen) atoms. The number of anilines is 1. The van der Waals surface area contributed by atoms with Gasteiger partial charge in [0.2, 0.25) is 5.91 Å². The molecule has 0 radical (unpaired) electrons. The lowest BCUT2D eigenvalue weighted by Crippen LogP contribution is -2.15. The SMILES string of the molecule is Cc1ccc(C(=O)OCC(=O)c2ccc(NC(=O)CC(C)C)cc2)cc1. The van der Waals surface area contributed by atoms with Gasteiger partial charge in [0.25, 0.3) is 0 Å². The maximum absolute atomic E-state index is 12.1. The Hall–Kier alpha value is -2.95. The summed E-state index contributed by atoms with van der Waals surface area (Å²) in [6.07, 6.45) is 0.440. The molecule has 1 amide bonds. The lowest BCUT2D eigenvalue weighted by atomic mass is 10.1. The summed E-state index contributed by atoms with van der Waals surface area (Å²) in [5.74, 6) is -0.619. The lowest BCUT2D eigenvalue weighted by Gasteiger charge is -2.08. The van der Waals surface area contributed by atoms with Crippen LogP contribution in [0, 0.1) is 12.8 Å². The first kappa shape index (κ1) is 19.4. The van der Waals surface area contributed by atoms with Crippen LogP contribution in [0.15, 0.2) is 48.5 Å². The molecule has 0 unspecified atom stereocenters. The summed E-state index contributed by atoms with van der Waals surface area (Å²) in [6, 6.07) is 13.5. The molecular weight excluding hydrogens is 330 g/mol. The highest BCUT2D eigenvalue weighted by atomic mass is 16.5. The zero-order valence-corrected chi connectivity index (χ0v) is 15.2. The van der Waals surface area contributed by atoms with Crippen LogP contribution in [-0.2, 0) is 9.53 Å². The van der Waals surface area contributed by atoms with Gasteiger partial charge < -0.3 is 10.1 Å². The van der Waals surface area contributed by atoms with E-state index in [1.165, 1.54) is 0 Å². The third-order valence-corrected chi connectivity index (χ3v) is 3.71. The van der Waals surface area contributed by atoms with Gasteiger partial charge in [0.1, 0.15) is 0 Å². The molecule has 0 aliphatic rings. The second-order valence-electron chi connectivity index (χ2n) is 6.59. The van der Waals surface area contributed by atoms with Gasteiger partial charge in [-0.3, -0.25) is 9.59 Å². The van der Waals surface area contributed by atoms with Crippen molar-refractivity contribution < 1.29 is 19.1 Å². The predicted molar refractivity (Wildman–Crippen MR) is 100 cm³/mol. The monoisotopic (exact) mass is 353 g/mol. The van der Waals surface area contributed by atoms with E-state index in [4.69, 9.17) is 4.74 Å². The van der Waals surface area contributed by atoms with Crippen LogP contribution < -0.4 is 5.32 Å². The van der Waals surface area contributed by atoms with Gasteiger partial charge in [0.15, 0.2) is 12.4 Å². The topological polar surface area (TPSA) is 72.5 Å². The molecule has 0 atom stereocenters. The van der Waals surface area contributed by atoms with Crippen molar-refractivity contribution in [3.8, 4) is 0 Å². The number of hydrogen-bond acceptors (Lipinski definition) is 4. The number of rotatable bonds is 7. The first-order chi connectivity index (χ1) is 12.3. The average Bonchev–Trinajstić information content (AvgIpc) is 2.60. The maximum atomic E-state index is 12.1.